The van der Waals surface area contributed by atoms with Crippen LogP contribution in [0.15, 0.2) is 12.1 Å². The van der Waals surface area contributed by atoms with Gasteiger partial charge in [0.05, 0.1) is 7.11 Å². The molecule has 2 rings (SSSR count). The zero-order valence-corrected chi connectivity index (χ0v) is 12.3. The fourth-order valence-corrected chi connectivity index (χ4v) is 2.60. The molecule has 1 unspecified atom stereocenters. The normalized spacial score (nSPS) is 21.0. The van der Waals surface area contributed by atoms with Gasteiger partial charge < -0.3 is 14.7 Å². The van der Waals surface area contributed by atoms with E-state index in [1.54, 1.807) is 0 Å². The minimum Gasteiger partial charge on any atom is -0.493 e. The summed E-state index contributed by atoms with van der Waals surface area (Å²) in [6, 6.07) is 1.33. The molecule has 24 heavy (non-hydrogen) atoms. The van der Waals surface area contributed by atoms with Crippen LogP contribution in [0.3, 0.4) is 0 Å². The number of ether oxygens (including phenoxy) is 1. The zero-order chi connectivity index (χ0) is 18.3. The first-order chi connectivity index (χ1) is 11.0. The van der Waals surface area contributed by atoms with E-state index < -0.39 is 65.9 Å². The number of benzene rings is 1. The summed E-state index contributed by atoms with van der Waals surface area (Å²) in [7, 11) is 0.968. The van der Waals surface area contributed by atoms with Gasteiger partial charge in [-0.05, 0) is 18.6 Å². The smallest absolute Gasteiger partial charge is 0.406 e. The Morgan fingerprint density at radius 2 is 1.83 bits per heavy atom. The van der Waals surface area contributed by atoms with Gasteiger partial charge in [0.2, 0.25) is 0 Å². The van der Waals surface area contributed by atoms with Crippen molar-refractivity contribution in [3.63, 3.8) is 0 Å². The average molecular weight is 353 g/mol. The standard InChI is InChI=1S/C14H12F5NO4/c1-24-10-8(16)3-2-7(15)9(10)11(21)20-5-4-13(6-20,12(22)23)14(17,18)19/h2-3H,4-6H2,1H3,(H,22,23). The molecule has 1 aliphatic heterocycles. The number of halogens is 5. The van der Waals surface area contributed by atoms with Gasteiger partial charge in [0.1, 0.15) is 11.4 Å². The Balaban J connectivity index is 2.41. The number of amides is 1. The maximum absolute atomic E-state index is 13.9. The van der Waals surface area contributed by atoms with E-state index in [-0.39, 0.29) is 0 Å². The first-order valence-corrected chi connectivity index (χ1v) is 6.66. The summed E-state index contributed by atoms with van der Waals surface area (Å²) in [5.74, 6) is -6.40. The molecule has 10 heteroatoms. The number of carbonyl (C=O) groups excluding carboxylic acids is 1. The molecule has 1 heterocycles. The molecule has 0 aliphatic carbocycles. The number of carboxylic acid groups (broad SMARTS) is 1. The number of methoxy groups -OCH3 is 1. The summed E-state index contributed by atoms with van der Waals surface area (Å²) >= 11 is 0. The predicted octanol–water partition coefficient (Wildman–Crippen LogP) is 2.45. The average Bonchev–Trinajstić information content (AvgIpc) is 2.95. The van der Waals surface area contributed by atoms with Crippen LogP contribution in [0.1, 0.15) is 16.8 Å². The largest absolute Gasteiger partial charge is 0.493 e. The number of hydrogen-bond donors (Lipinski definition) is 1. The van der Waals surface area contributed by atoms with Gasteiger partial charge in [-0.3, -0.25) is 9.59 Å². The number of aliphatic carboxylic acids is 1. The fourth-order valence-electron chi connectivity index (χ4n) is 2.60. The topological polar surface area (TPSA) is 66.8 Å². The van der Waals surface area contributed by atoms with Crippen LogP contribution in [0.2, 0.25) is 0 Å². The highest BCUT2D eigenvalue weighted by Crippen LogP contribution is 2.46. The Morgan fingerprint density at radius 1 is 1.25 bits per heavy atom. The molecule has 0 bridgehead atoms. The molecule has 0 spiro atoms. The number of alkyl halides is 3. The highest BCUT2D eigenvalue weighted by Gasteiger charge is 2.64. The van der Waals surface area contributed by atoms with Crippen LogP contribution >= 0.6 is 0 Å². The lowest BCUT2D eigenvalue weighted by Crippen LogP contribution is -2.47. The third-order valence-electron chi connectivity index (χ3n) is 3.99. The maximum atomic E-state index is 13.9. The van der Waals surface area contributed by atoms with Crippen molar-refractivity contribution in [2.24, 2.45) is 5.41 Å². The molecule has 1 N–H and O–H groups in total. The van der Waals surface area contributed by atoms with E-state index in [1.807, 2.05) is 0 Å². The Kier molecular flexibility index (Phi) is 4.42. The second-order valence-electron chi connectivity index (χ2n) is 5.30. The molecule has 1 saturated heterocycles. The minimum atomic E-state index is -5.10. The van der Waals surface area contributed by atoms with Crippen molar-refractivity contribution < 1.29 is 41.4 Å². The van der Waals surface area contributed by atoms with E-state index in [0.717, 1.165) is 7.11 Å². The van der Waals surface area contributed by atoms with Gasteiger partial charge in [0.15, 0.2) is 17.0 Å². The molecule has 5 nitrogen and oxygen atoms in total. The number of nitrogens with zero attached hydrogens (tertiary/aromatic N) is 1. The molecule has 0 aromatic heterocycles. The molecule has 1 aromatic carbocycles. The number of likely N-dealkylation sites (tertiary alicyclic amines) is 1. The van der Waals surface area contributed by atoms with Gasteiger partial charge >= 0.3 is 12.1 Å². The van der Waals surface area contributed by atoms with Crippen molar-refractivity contribution >= 4 is 11.9 Å². The number of hydrogen-bond acceptors (Lipinski definition) is 3. The molecule has 1 atom stereocenters. The van der Waals surface area contributed by atoms with Crippen LogP contribution in [0.4, 0.5) is 22.0 Å². The maximum Gasteiger partial charge on any atom is 0.406 e. The Bertz CT molecular complexity index is 690. The van der Waals surface area contributed by atoms with Gasteiger partial charge in [0.25, 0.3) is 5.91 Å². The van der Waals surface area contributed by atoms with Crippen LogP contribution in [0, 0.1) is 17.0 Å². The van der Waals surface area contributed by atoms with Crippen LogP contribution in [-0.4, -0.2) is 48.3 Å². The summed E-state index contributed by atoms with van der Waals surface area (Å²) in [4.78, 5) is 23.9. The summed E-state index contributed by atoms with van der Waals surface area (Å²) in [5, 5.41) is 8.95. The van der Waals surface area contributed by atoms with E-state index in [4.69, 9.17) is 5.11 Å². The molecular formula is C14H12F5NO4. The van der Waals surface area contributed by atoms with E-state index in [1.165, 1.54) is 0 Å². The molecule has 132 valence electrons. The monoisotopic (exact) mass is 353 g/mol. The zero-order valence-electron chi connectivity index (χ0n) is 12.3. The SMILES string of the molecule is COc1c(F)ccc(F)c1C(=O)N1CCC(C(=O)O)(C(F)(F)F)C1. The molecular weight excluding hydrogens is 341 g/mol. The molecule has 1 fully saturated rings. The van der Waals surface area contributed by atoms with Crippen molar-refractivity contribution in [3.05, 3.63) is 29.3 Å². The van der Waals surface area contributed by atoms with Gasteiger partial charge in [-0.1, -0.05) is 0 Å². The highest BCUT2D eigenvalue weighted by molar-refractivity contribution is 5.98. The minimum absolute atomic E-state index is 0.530. The summed E-state index contributed by atoms with van der Waals surface area (Å²) in [6.07, 6.45) is -5.98. The van der Waals surface area contributed by atoms with Crippen molar-refractivity contribution in [1.82, 2.24) is 4.90 Å². The van der Waals surface area contributed by atoms with Crippen molar-refractivity contribution in [1.29, 1.82) is 0 Å². The molecule has 0 saturated carbocycles. The first-order valence-electron chi connectivity index (χ1n) is 6.66. The van der Waals surface area contributed by atoms with E-state index in [9.17, 15) is 31.5 Å². The van der Waals surface area contributed by atoms with Crippen molar-refractivity contribution in [2.75, 3.05) is 20.2 Å². The van der Waals surface area contributed by atoms with Crippen LogP contribution in [0.25, 0.3) is 0 Å². The van der Waals surface area contributed by atoms with Gasteiger partial charge in [-0.25, -0.2) is 8.78 Å². The van der Waals surface area contributed by atoms with Gasteiger partial charge in [0, 0.05) is 13.1 Å². The van der Waals surface area contributed by atoms with E-state index in [2.05, 4.69) is 4.74 Å². The summed E-state index contributed by atoms with van der Waals surface area (Å²) in [6.45, 7) is -1.76. The third-order valence-corrected chi connectivity index (χ3v) is 3.99. The lowest BCUT2D eigenvalue weighted by Gasteiger charge is -2.27. The van der Waals surface area contributed by atoms with Crippen LogP contribution < -0.4 is 4.74 Å². The molecule has 1 amide bonds. The predicted molar refractivity (Wildman–Crippen MR) is 69.6 cm³/mol. The third kappa shape index (κ3) is 2.65. The molecule has 1 aliphatic rings. The van der Waals surface area contributed by atoms with Crippen LogP contribution in [-0.2, 0) is 4.79 Å². The first kappa shape index (κ1) is 18.0. The second-order valence-corrected chi connectivity index (χ2v) is 5.30. The van der Waals surface area contributed by atoms with Crippen molar-refractivity contribution in [2.45, 2.75) is 12.6 Å². The summed E-state index contributed by atoms with van der Waals surface area (Å²) in [5.41, 5.74) is -4.01. The fraction of sp³-hybridized carbons (Fsp3) is 0.429. The molecule has 1 aromatic rings. The van der Waals surface area contributed by atoms with Gasteiger partial charge in [-0.15, -0.1) is 0 Å². The van der Waals surface area contributed by atoms with Crippen LogP contribution in [0.5, 0.6) is 5.75 Å². The van der Waals surface area contributed by atoms with Crippen molar-refractivity contribution in [3.8, 4) is 5.75 Å². The lowest BCUT2D eigenvalue weighted by atomic mass is 9.86. The molecule has 0 radical (unpaired) electrons. The Morgan fingerprint density at radius 3 is 2.29 bits per heavy atom. The quantitative estimate of drug-likeness (QED) is 0.848. The number of rotatable bonds is 3. The summed E-state index contributed by atoms with van der Waals surface area (Å²) < 4.78 is 71.4. The highest BCUT2D eigenvalue weighted by atomic mass is 19.4. The lowest BCUT2D eigenvalue weighted by molar-refractivity contribution is -0.227. The van der Waals surface area contributed by atoms with E-state index >= 15 is 0 Å². The number of carbonyl (C=O) groups is 2. The second kappa shape index (κ2) is 5.91. The Hall–Kier alpha value is -2.39. The van der Waals surface area contributed by atoms with E-state index in [0.29, 0.717) is 17.0 Å². The van der Waals surface area contributed by atoms with Gasteiger partial charge in [-0.2, -0.15) is 13.2 Å². The number of carboxylic acids is 1. The Labute approximate surface area is 132 Å².